The third-order valence-corrected chi connectivity index (χ3v) is 2.64. The monoisotopic (exact) mass is 270 g/mol. The minimum Gasteiger partial charge on any atom is -0.328 e. The van der Waals surface area contributed by atoms with E-state index >= 15 is 0 Å². The summed E-state index contributed by atoms with van der Waals surface area (Å²) < 4.78 is 0. The molecule has 0 aliphatic rings. The molecule has 1 unspecified atom stereocenters. The van der Waals surface area contributed by atoms with Crippen LogP contribution in [0.3, 0.4) is 0 Å². The summed E-state index contributed by atoms with van der Waals surface area (Å²) in [6.07, 6.45) is 3.27. The number of benzene rings is 1. The predicted octanol–water partition coefficient (Wildman–Crippen LogP) is 3.13. The van der Waals surface area contributed by atoms with Crippen molar-refractivity contribution in [1.82, 2.24) is 0 Å². The highest BCUT2D eigenvalue weighted by atomic mass is 35.5. The number of anilines is 1. The van der Waals surface area contributed by atoms with Gasteiger partial charge in [0.15, 0.2) is 0 Å². The fourth-order valence-corrected chi connectivity index (χ4v) is 1.70. The maximum Gasteiger partial charge on any atom is 0.224 e. The van der Waals surface area contributed by atoms with Gasteiger partial charge < -0.3 is 11.1 Å². The summed E-state index contributed by atoms with van der Waals surface area (Å²) in [6, 6.07) is 8.04. The van der Waals surface area contributed by atoms with Crippen LogP contribution in [-0.4, -0.2) is 11.9 Å². The number of para-hydroxylation sites is 1. The van der Waals surface area contributed by atoms with E-state index in [9.17, 15) is 4.79 Å². The van der Waals surface area contributed by atoms with Crippen LogP contribution in [-0.2, 0) is 11.2 Å². The number of aryl methyl sites for hydroxylation is 1. The van der Waals surface area contributed by atoms with Gasteiger partial charge in [-0.1, -0.05) is 31.5 Å². The molecule has 0 aromatic heterocycles. The van der Waals surface area contributed by atoms with Crippen molar-refractivity contribution < 1.29 is 4.79 Å². The van der Waals surface area contributed by atoms with Crippen molar-refractivity contribution in [3.63, 3.8) is 0 Å². The van der Waals surface area contributed by atoms with Crippen LogP contribution >= 0.6 is 12.4 Å². The van der Waals surface area contributed by atoms with Gasteiger partial charge in [-0.05, 0) is 31.4 Å². The number of carbonyl (C=O) groups excluding carboxylic acids is 1. The van der Waals surface area contributed by atoms with Gasteiger partial charge in [0.25, 0.3) is 0 Å². The zero-order chi connectivity index (χ0) is 12.7. The highest BCUT2D eigenvalue weighted by Crippen LogP contribution is 2.17. The molecular weight excluding hydrogens is 248 g/mol. The van der Waals surface area contributed by atoms with Gasteiger partial charge in [-0.2, -0.15) is 0 Å². The molecule has 0 aliphatic carbocycles. The van der Waals surface area contributed by atoms with E-state index in [0.29, 0.717) is 6.42 Å². The Morgan fingerprint density at radius 2 is 2.06 bits per heavy atom. The summed E-state index contributed by atoms with van der Waals surface area (Å²) in [4.78, 5) is 11.7. The van der Waals surface area contributed by atoms with E-state index in [1.54, 1.807) is 0 Å². The Morgan fingerprint density at radius 1 is 1.39 bits per heavy atom. The predicted molar refractivity (Wildman–Crippen MR) is 79.2 cm³/mol. The first-order chi connectivity index (χ1) is 8.13. The second kappa shape index (κ2) is 8.95. The Labute approximate surface area is 116 Å². The summed E-state index contributed by atoms with van der Waals surface area (Å²) in [6.45, 7) is 4.05. The molecule has 0 saturated heterocycles. The molecule has 1 aromatic carbocycles. The largest absolute Gasteiger partial charge is 0.328 e. The Kier molecular flexibility index (Phi) is 8.42. The highest BCUT2D eigenvalue weighted by molar-refractivity contribution is 5.91. The molecule has 3 nitrogen and oxygen atoms in total. The van der Waals surface area contributed by atoms with Crippen LogP contribution in [0.25, 0.3) is 0 Å². The molecule has 4 heteroatoms. The van der Waals surface area contributed by atoms with E-state index in [0.717, 1.165) is 24.9 Å². The van der Waals surface area contributed by atoms with Gasteiger partial charge in [-0.15, -0.1) is 12.4 Å². The van der Waals surface area contributed by atoms with Crippen LogP contribution in [0.4, 0.5) is 5.69 Å². The molecule has 102 valence electrons. The Bertz CT molecular complexity index is 367. The van der Waals surface area contributed by atoms with Crippen LogP contribution in [0.15, 0.2) is 24.3 Å². The average Bonchev–Trinajstić information content (AvgIpc) is 2.29. The first kappa shape index (κ1) is 16.9. The summed E-state index contributed by atoms with van der Waals surface area (Å²) in [5, 5.41) is 2.96. The average molecular weight is 271 g/mol. The van der Waals surface area contributed by atoms with E-state index in [-0.39, 0.29) is 24.4 Å². The van der Waals surface area contributed by atoms with Crippen molar-refractivity contribution in [2.24, 2.45) is 5.73 Å². The van der Waals surface area contributed by atoms with Crippen LogP contribution in [0.5, 0.6) is 0 Å². The van der Waals surface area contributed by atoms with Crippen molar-refractivity contribution in [2.75, 3.05) is 5.32 Å². The van der Waals surface area contributed by atoms with E-state index in [2.05, 4.69) is 18.3 Å². The summed E-state index contributed by atoms with van der Waals surface area (Å²) in [5.74, 6) is 0.0471. The maximum atomic E-state index is 11.7. The minimum atomic E-state index is 0. The number of amides is 1. The van der Waals surface area contributed by atoms with Crippen LogP contribution in [0.2, 0.25) is 0 Å². The third-order valence-electron chi connectivity index (χ3n) is 2.64. The number of hydrogen-bond donors (Lipinski definition) is 2. The molecule has 18 heavy (non-hydrogen) atoms. The van der Waals surface area contributed by atoms with Gasteiger partial charge in [-0.3, -0.25) is 4.79 Å². The molecule has 0 saturated carbocycles. The third kappa shape index (κ3) is 6.03. The molecule has 1 rings (SSSR count). The normalized spacial score (nSPS) is 11.5. The highest BCUT2D eigenvalue weighted by Gasteiger charge is 2.06. The second-order valence-corrected chi connectivity index (χ2v) is 4.47. The fourth-order valence-electron chi connectivity index (χ4n) is 1.70. The molecule has 1 amide bonds. The maximum absolute atomic E-state index is 11.7. The standard InChI is InChI=1S/C14H22N2O.ClH/c1-3-6-12-7-4-5-8-13(12)16-14(17)10-9-11(2)15;/h4-5,7-8,11H,3,6,9-10,15H2,1-2H3,(H,16,17);1H. The van der Waals surface area contributed by atoms with Crippen molar-refractivity contribution in [1.29, 1.82) is 0 Å². The molecular formula is C14H23ClN2O. The van der Waals surface area contributed by atoms with Gasteiger partial charge in [0.2, 0.25) is 5.91 Å². The van der Waals surface area contributed by atoms with E-state index < -0.39 is 0 Å². The number of hydrogen-bond acceptors (Lipinski definition) is 2. The number of halogens is 1. The van der Waals surface area contributed by atoms with Gasteiger partial charge in [0.05, 0.1) is 0 Å². The lowest BCUT2D eigenvalue weighted by molar-refractivity contribution is -0.116. The Morgan fingerprint density at radius 3 is 2.67 bits per heavy atom. The lowest BCUT2D eigenvalue weighted by atomic mass is 10.1. The molecule has 1 aromatic rings. The van der Waals surface area contributed by atoms with Gasteiger partial charge in [0, 0.05) is 18.2 Å². The molecule has 0 bridgehead atoms. The van der Waals surface area contributed by atoms with Crippen molar-refractivity contribution in [3.8, 4) is 0 Å². The summed E-state index contributed by atoms with van der Waals surface area (Å²) in [5.41, 5.74) is 7.76. The number of rotatable bonds is 6. The number of nitrogens with one attached hydrogen (secondary N) is 1. The summed E-state index contributed by atoms with van der Waals surface area (Å²) >= 11 is 0. The number of nitrogens with two attached hydrogens (primary N) is 1. The van der Waals surface area contributed by atoms with E-state index in [1.165, 1.54) is 5.56 Å². The number of carbonyl (C=O) groups is 1. The molecule has 0 fully saturated rings. The second-order valence-electron chi connectivity index (χ2n) is 4.47. The smallest absolute Gasteiger partial charge is 0.224 e. The molecule has 0 radical (unpaired) electrons. The lowest BCUT2D eigenvalue weighted by Crippen LogP contribution is -2.19. The quantitative estimate of drug-likeness (QED) is 0.834. The first-order valence-corrected chi connectivity index (χ1v) is 6.26. The molecule has 3 N–H and O–H groups in total. The van der Waals surface area contributed by atoms with Crippen molar-refractivity contribution in [2.45, 2.75) is 45.6 Å². The molecule has 0 heterocycles. The van der Waals surface area contributed by atoms with Crippen LogP contribution < -0.4 is 11.1 Å². The van der Waals surface area contributed by atoms with Gasteiger partial charge in [-0.25, -0.2) is 0 Å². The zero-order valence-electron chi connectivity index (χ0n) is 11.1. The SMILES string of the molecule is CCCc1ccccc1NC(=O)CCC(C)N.Cl. The van der Waals surface area contributed by atoms with Crippen LogP contribution in [0.1, 0.15) is 38.7 Å². The molecule has 1 atom stereocenters. The van der Waals surface area contributed by atoms with E-state index in [1.807, 2.05) is 25.1 Å². The summed E-state index contributed by atoms with van der Waals surface area (Å²) in [7, 11) is 0. The van der Waals surface area contributed by atoms with E-state index in [4.69, 9.17) is 5.73 Å². The van der Waals surface area contributed by atoms with Crippen molar-refractivity contribution >= 4 is 24.0 Å². The molecule has 0 aliphatic heterocycles. The minimum absolute atomic E-state index is 0. The van der Waals surface area contributed by atoms with Crippen LogP contribution in [0, 0.1) is 0 Å². The van der Waals surface area contributed by atoms with Gasteiger partial charge >= 0.3 is 0 Å². The molecule has 0 spiro atoms. The lowest BCUT2D eigenvalue weighted by Gasteiger charge is -2.11. The zero-order valence-corrected chi connectivity index (χ0v) is 11.9. The van der Waals surface area contributed by atoms with Gasteiger partial charge in [0.1, 0.15) is 0 Å². The fraction of sp³-hybridized carbons (Fsp3) is 0.500. The first-order valence-electron chi connectivity index (χ1n) is 6.26. The Hall–Kier alpha value is -1.06. The topological polar surface area (TPSA) is 55.1 Å². The van der Waals surface area contributed by atoms with Crippen molar-refractivity contribution in [3.05, 3.63) is 29.8 Å². The Balaban J connectivity index is 0.00000289.